The highest BCUT2D eigenvalue weighted by Gasteiger charge is 2.05. The Kier molecular flexibility index (Phi) is 5.16. The molecule has 0 atom stereocenters. The molecule has 1 N–H and O–H groups in total. The molecule has 0 aliphatic heterocycles. The molecule has 0 bridgehead atoms. The van der Waals surface area contributed by atoms with E-state index in [4.69, 9.17) is 4.74 Å². The average molecular weight is 350 g/mol. The van der Waals surface area contributed by atoms with Crippen molar-refractivity contribution >= 4 is 33.3 Å². The van der Waals surface area contributed by atoms with Gasteiger partial charge in [-0.25, -0.2) is 4.98 Å². The molecule has 1 amide bonds. The molecule has 0 radical (unpaired) electrons. The van der Waals surface area contributed by atoms with Crippen LogP contribution in [-0.4, -0.2) is 36.5 Å². The first-order valence-corrected chi connectivity index (χ1v) is 7.15. The van der Waals surface area contributed by atoms with Gasteiger partial charge in [-0.05, 0) is 40.2 Å². The summed E-state index contributed by atoms with van der Waals surface area (Å²) in [6, 6.07) is 11.2. The summed E-state index contributed by atoms with van der Waals surface area (Å²) < 4.78 is 6.39. The van der Waals surface area contributed by atoms with Crippen LogP contribution in [0.25, 0.3) is 0 Å². The molecule has 5 nitrogen and oxygen atoms in total. The van der Waals surface area contributed by atoms with Crippen molar-refractivity contribution < 1.29 is 9.53 Å². The topological polar surface area (TPSA) is 54.5 Å². The van der Waals surface area contributed by atoms with Crippen molar-refractivity contribution in [3.8, 4) is 5.75 Å². The zero-order valence-electron chi connectivity index (χ0n) is 11.8. The van der Waals surface area contributed by atoms with E-state index in [0.717, 1.165) is 16.0 Å². The van der Waals surface area contributed by atoms with Gasteiger partial charge in [0.05, 0.1) is 0 Å². The predicted octanol–water partition coefficient (Wildman–Crippen LogP) is 3.05. The normalized spacial score (nSPS) is 10.0. The Labute approximate surface area is 132 Å². The number of amides is 1. The maximum absolute atomic E-state index is 11.5. The van der Waals surface area contributed by atoms with E-state index in [0.29, 0.717) is 5.75 Å². The van der Waals surface area contributed by atoms with Crippen LogP contribution in [-0.2, 0) is 4.79 Å². The van der Waals surface area contributed by atoms with Gasteiger partial charge in [0.15, 0.2) is 6.61 Å². The lowest BCUT2D eigenvalue weighted by Crippen LogP contribution is -2.27. The molecule has 0 saturated heterocycles. The van der Waals surface area contributed by atoms with E-state index in [-0.39, 0.29) is 12.5 Å². The van der Waals surface area contributed by atoms with Crippen molar-refractivity contribution in [2.24, 2.45) is 0 Å². The number of nitrogens with zero attached hydrogens (tertiary/aromatic N) is 2. The lowest BCUT2D eigenvalue weighted by molar-refractivity contribution is -0.130. The Bertz CT molecular complexity index is 615. The predicted molar refractivity (Wildman–Crippen MR) is 85.9 cm³/mol. The number of hydrogen-bond donors (Lipinski definition) is 1. The van der Waals surface area contributed by atoms with Gasteiger partial charge >= 0.3 is 0 Å². The monoisotopic (exact) mass is 349 g/mol. The summed E-state index contributed by atoms with van der Waals surface area (Å²) in [5.74, 6) is 1.29. The van der Waals surface area contributed by atoms with E-state index in [1.165, 1.54) is 4.90 Å². The number of anilines is 2. The second-order valence-corrected chi connectivity index (χ2v) is 5.51. The number of benzene rings is 1. The standard InChI is InChI=1S/C15H16BrN3O2/c1-19(2)15(20)10-21-13-5-3-4-12(8-13)18-14-7-6-11(16)9-17-14/h3-9H,10H2,1-2H3,(H,17,18). The zero-order chi connectivity index (χ0) is 15.2. The Morgan fingerprint density at radius 3 is 2.81 bits per heavy atom. The maximum Gasteiger partial charge on any atom is 0.259 e. The fraction of sp³-hybridized carbons (Fsp3) is 0.200. The number of halogens is 1. The molecule has 21 heavy (non-hydrogen) atoms. The van der Waals surface area contributed by atoms with Crippen LogP contribution in [0.1, 0.15) is 0 Å². The van der Waals surface area contributed by atoms with Crippen LogP contribution in [0.4, 0.5) is 11.5 Å². The number of likely N-dealkylation sites (N-methyl/N-ethyl adjacent to an activating group) is 1. The van der Waals surface area contributed by atoms with E-state index in [1.54, 1.807) is 20.3 Å². The summed E-state index contributed by atoms with van der Waals surface area (Å²) in [5, 5.41) is 3.17. The summed E-state index contributed by atoms with van der Waals surface area (Å²) in [7, 11) is 3.39. The van der Waals surface area contributed by atoms with Crippen molar-refractivity contribution in [2.45, 2.75) is 0 Å². The molecule has 1 aromatic heterocycles. The Morgan fingerprint density at radius 1 is 1.33 bits per heavy atom. The van der Waals surface area contributed by atoms with E-state index in [1.807, 2.05) is 36.4 Å². The van der Waals surface area contributed by atoms with Gasteiger partial charge in [0.1, 0.15) is 11.6 Å². The number of carbonyl (C=O) groups excluding carboxylic acids is 1. The SMILES string of the molecule is CN(C)C(=O)COc1cccc(Nc2ccc(Br)cn2)c1. The van der Waals surface area contributed by atoms with Crippen molar-refractivity contribution in [2.75, 3.05) is 26.0 Å². The molecule has 1 heterocycles. The molecule has 1 aromatic carbocycles. The number of pyridine rings is 1. The van der Waals surface area contributed by atoms with E-state index in [2.05, 4.69) is 26.2 Å². The van der Waals surface area contributed by atoms with Gasteiger partial charge < -0.3 is 15.0 Å². The Hall–Kier alpha value is -2.08. The number of aromatic nitrogens is 1. The highest BCUT2D eigenvalue weighted by Crippen LogP contribution is 2.21. The molecule has 2 aromatic rings. The minimum absolute atomic E-state index is 0.0208. The number of ether oxygens (including phenoxy) is 1. The van der Waals surface area contributed by atoms with Gasteiger partial charge in [0.25, 0.3) is 5.91 Å². The second kappa shape index (κ2) is 7.08. The summed E-state index contributed by atoms with van der Waals surface area (Å²) in [4.78, 5) is 17.2. The Morgan fingerprint density at radius 2 is 2.14 bits per heavy atom. The molecular weight excluding hydrogens is 334 g/mol. The van der Waals surface area contributed by atoms with Gasteiger partial charge in [0, 0.05) is 36.5 Å². The van der Waals surface area contributed by atoms with Gasteiger partial charge in [-0.2, -0.15) is 0 Å². The highest BCUT2D eigenvalue weighted by molar-refractivity contribution is 9.10. The third-order valence-corrected chi connectivity index (χ3v) is 3.16. The molecule has 110 valence electrons. The van der Waals surface area contributed by atoms with Crippen LogP contribution in [0.2, 0.25) is 0 Å². The number of rotatable bonds is 5. The third kappa shape index (κ3) is 4.75. The molecular formula is C15H16BrN3O2. The van der Waals surface area contributed by atoms with E-state index in [9.17, 15) is 4.79 Å². The van der Waals surface area contributed by atoms with Crippen molar-refractivity contribution in [3.63, 3.8) is 0 Å². The maximum atomic E-state index is 11.5. The van der Waals surface area contributed by atoms with Gasteiger partial charge in [-0.15, -0.1) is 0 Å². The lowest BCUT2D eigenvalue weighted by Gasteiger charge is -2.12. The van der Waals surface area contributed by atoms with Gasteiger partial charge in [-0.3, -0.25) is 4.79 Å². The van der Waals surface area contributed by atoms with E-state index >= 15 is 0 Å². The molecule has 0 aliphatic rings. The van der Waals surface area contributed by atoms with Crippen molar-refractivity contribution in [3.05, 3.63) is 47.1 Å². The van der Waals surface area contributed by atoms with E-state index < -0.39 is 0 Å². The molecule has 2 rings (SSSR count). The van der Waals surface area contributed by atoms with Crippen LogP contribution in [0.3, 0.4) is 0 Å². The number of hydrogen-bond acceptors (Lipinski definition) is 4. The summed E-state index contributed by atoms with van der Waals surface area (Å²) in [5.41, 5.74) is 0.847. The Balaban J connectivity index is 2.00. The van der Waals surface area contributed by atoms with Crippen LogP contribution in [0, 0.1) is 0 Å². The first-order chi connectivity index (χ1) is 10.0. The second-order valence-electron chi connectivity index (χ2n) is 4.59. The molecule has 0 fully saturated rings. The zero-order valence-corrected chi connectivity index (χ0v) is 13.4. The first kappa shape index (κ1) is 15.3. The fourth-order valence-electron chi connectivity index (χ4n) is 1.54. The minimum atomic E-state index is -0.0806. The number of carbonyl (C=O) groups is 1. The quantitative estimate of drug-likeness (QED) is 0.901. The lowest BCUT2D eigenvalue weighted by atomic mass is 10.3. The van der Waals surface area contributed by atoms with Crippen molar-refractivity contribution in [1.82, 2.24) is 9.88 Å². The summed E-state index contributed by atoms with van der Waals surface area (Å²) in [6.45, 7) is 0.0208. The molecule has 0 saturated carbocycles. The molecule has 0 unspecified atom stereocenters. The van der Waals surface area contributed by atoms with Gasteiger partial charge in [0.2, 0.25) is 0 Å². The molecule has 6 heteroatoms. The average Bonchev–Trinajstić information content (AvgIpc) is 2.47. The van der Waals surface area contributed by atoms with Crippen LogP contribution in [0.15, 0.2) is 47.1 Å². The number of nitrogens with one attached hydrogen (secondary N) is 1. The fourth-order valence-corrected chi connectivity index (χ4v) is 1.77. The first-order valence-electron chi connectivity index (χ1n) is 6.36. The van der Waals surface area contributed by atoms with Crippen molar-refractivity contribution in [1.29, 1.82) is 0 Å². The van der Waals surface area contributed by atoms with Gasteiger partial charge in [-0.1, -0.05) is 6.07 Å². The summed E-state index contributed by atoms with van der Waals surface area (Å²) >= 11 is 3.34. The largest absolute Gasteiger partial charge is 0.484 e. The van der Waals surface area contributed by atoms with Crippen LogP contribution in [0.5, 0.6) is 5.75 Å². The summed E-state index contributed by atoms with van der Waals surface area (Å²) in [6.07, 6.45) is 1.72. The third-order valence-electron chi connectivity index (χ3n) is 2.69. The molecule has 0 spiro atoms. The highest BCUT2D eigenvalue weighted by atomic mass is 79.9. The minimum Gasteiger partial charge on any atom is -0.484 e. The smallest absolute Gasteiger partial charge is 0.259 e. The van der Waals surface area contributed by atoms with Crippen LogP contribution < -0.4 is 10.1 Å². The van der Waals surface area contributed by atoms with Crippen LogP contribution >= 0.6 is 15.9 Å². The molecule has 0 aliphatic carbocycles.